The number of hydrogen-bond acceptors (Lipinski definition) is 6. The molecule has 1 aliphatic carbocycles. The lowest BCUT2D eigenvalue weighted by Crippen LogP contribution is -2.35. The number of carbonyl (C=O) groups excluding carboxylic acids is 1. The molecule has 0 radical (unpaired) electrons. The highest BCUT2D eigenvalue weighted by atomic mass is 32.2. The van der Waals surface area contributed by atoms with Crippen molar-refractivity contribution in [1.29, 1.82) is 0 Å². The van der Waals surface area contributed by atoms with Crippen molar-refractivity contribution < 1.29 is 4.79 Å². The molecule has 7 heteroatoms. The Labute approximate surface area is 150 Å². The lowest BCUT2D eigenvalue weighted by Gasteiger charge is -2.11. The Morgan fingerprint density at radius 3 is 2.88 bits per heavy atom. The van der Waals surface area contributed by atoms with Gasteiger partial charge in [-0.1, -0.05) is 40.8 Å². The first-order chi connectivity index (χ1) is 11.5. The summed E-state index contributed by atoms with van der Waals surface area (Å²) in [4.78, 5) is 11.9. The van der Waals surface area contributed by atoms with Gasteiger partial charge in [0.05, 0.1) is 5.75 Å². The van der Waals surface area contributed by atoms with Crippen molar-refractivity contribution in [3.63, 3.8) is 0 Å². The molecule has 0 aliphatic heterocycles. The van der Waals surface area contributed by atoms with Crippen molar-refractivity contribution in [2.24, 2.45) is 5.92 Å². The molecule has 24 heavy (non-hydrogen) atoms. The highest BCUT2D eigenvalue weighted by Gasteiger charge is 2.28. The van der Waals surface area contributed by atoms with E-state index in [9.17, 15) is 4.79 Å². The van der Waals surface area contributed by atoms with Gasteiger partial charge >= 0.3 is 0 Å². The first-order valence-corrected chi connectivity index (χ1v) is 9.91. The summed E-state index contributed by atoms with van der Waals surface area (Å²) in [6.45, 7) is 6.22. The van der Waals surface area contributed by atoms with Crippen LogP contribution in [0.1, 0.15) is 30.9 Å². The Morgan fingerprint density at radius 2 is 2.17 bits per heavy atom. The molecule has 1 heterocycles. The molecule has 1 amide bonds. The van der Waals surface area contributed by atoms with Crippen LogP contribution in [0.25, 0.3) is 0 Å². The van der Waals surface area contributed by atoms with Gasteiger partial charge in [0.25, 0.3) is 0 Å². The van der Waals surface area contributed by atoms with Crippen molar-refractivity contribution in [1.82, 2.24) is 15.5 Å². The van der Waals surface area contributed by atoms with E-state index >= 15 is 0 Å². The molecule has 3 rings (SSSR count). The summed E-state index contributed by atoms with van der Waals surface area (Å²) in [6.07, 6.45) is 2.47. The number of rotatable bonds is 7. The summed E-state index contributed by atoms with van der Waals surface area (Å²) in [6, 6.07) is 6.53. The molecule has 1 fully saturated rings. The first kappa shape index (κ1) is 17.2. The maximum atomic E-state index is 11.9. The number of thioether (sulfide) groups is 1. The maximum Gasteiger partial charge on any atom is 0.230 e. The summed E-state index contributed by atoms with van der Waals surface area (Å²) < 4.78 is 0.802. The summed E-state index contributed by atoms with van der Waals surface area (Å²) >= 11 is 2.90. The number of hydrogen-bond donors (Lipinski definition) is 2. The lowest BCUT2D eigenvalue weighted by molar-refractivity contribution is -0.119. The number of benzene rings is 1. The van der Waals surface area contributed by atoms with Gasteiger partial charge in [-0.25, -0.2) is 0 Å². The minimum atomic E-state index is 0.0680. The molecule has 2 aromatic rings. The smallest absolute Gasteiger partial charge is 0.230 e. The number of nitrogens with one attached hydrogen (secondary N) is 2. The molecule has 128 valence electrons. The molecular weight excluding hydrogens is 340 g/mol. The molecule has 0 spiro atoms. The maximum absolute atomic E-state index is 11.9. The topological polar surface area (TPSA) is 66.9 Å². The van der Waals surface area contributed by atoms with E-state index in [4.69, 9.17) is 0 Å². The highest BCUT2D eigenvalue weighted by Crippen LogP contribution is 2.32. The zero-order chi connectivity index (χ0) is 17.1. The molecule has 1 aromatic carbocycles. The molecule has 0 unspecified atom stereocenters. The van der Waals surface area contributed by atoms with Crippen molar-refractivity contribution in [2.75, 3.05) is 11.1 Å². The average Bonchev–Trinajstić information content (AvgIpc) is 3.29. The summed E-state index contributed by atoms with van der Waals surface area (Å²) in [5.74, 6) is 1.13. The molecule has 1 aliphatic rings. The van der Waals surface area contributed by atoms with E-state index in [2.05, 4.69) is 53.7 Å². The lowest BCUT2D eigenvalue weighted by atomic mass is 10.1. The van der Waals surface area contributed by atoms with Crippen LogP contribution in [0.15, 0.2) is 22.5 Å². The third-order valence-electron chi connectivity index (χ3n) is 4.07. The Hall–Kier alpha value is -1.60. The molecule has 0 bridgehead atoms. The molecule has 2 N–H and O–H groups in total. The fourth-order valence-corrected chi connectivity index (χ4v) is 4.10. The predicted molar refractivity (Wildman–Crippen MR) is 100 cm³/mol. The van der Waals surface area contributed by atoms with Crippen LogP contribution in [-0.2, 0) is 4.79 Å². The van der Waals surface area contributed by atoms with Crippen LogP contribution < -0.4 is 10.6 Å². The monoisotopic (exact) mass is 362 g/mol. The van der Waals surface area contributed by atoms with Crippen LogP contribution in [0, 0.1) is 19.8 Å². The third-order valence-corrected chi connectivity index (χ3v) is 6.05. The molecule has 1 saturated carbocycles. The Balaban J connectivity index is 1.50. The predicted octanol–water partition coefficient (Wildman–Crippen LogP) is 3.91. The van der Waals surface area contributed by atoms with Gasteiger partial charge in [-0.2, -0.15) is 0 Å². The van der Waals surface area contributed by atoms with Gasteiger partial charge in [-0.15, -0.1) is 10.2 Å². The third kappa shape index (κ3) is 4.70. The van der Waals surface area contributed by atoms with Crippen LogP contribution in [0.2, 0.25) is 0 Å². The van der Waals surface area contributed by atoms with Crippen molar-refractivity contribution in [3.8, 4) is 0 Å². The van der Waals surface area contributed by atoms with E-state index in [0.717, 1.165) is 15.2 Å². The normalized spacial score (nSPS) is 15.1. The Kier molecular flexibility index (Phi) is 5.40. The van der Waals surface area contributed by atoms with Crippen molar-refractivity contribution in [2.45, 2.75) is 44.0 Å². The standard InChI is InChI=1S/C17H22N4OS2/c1-10-4-7-14(11(2)8-10)19-16-20-21-17(24-16)23-9-15(22)18-12(3)13-5-6-13/h4,7-8,12-13H,5-6,9H2,1-3H3,(H,18,22)(H,19,20)/t12-/m1/s1. The number of amides is 1. The van der Waals surface area contributed by atoms with E-state index < -0.39 is 0 Å². The van der Waals surface area contributed by atoms with E-state index in [1.807, 2.05) is 6.07 Å². The quantitative estimate of drug-likeness (QED) is 0.731. The largest absolute Gasteiger partial charge is 0.353 e. The van der Waals surface area contributed by atoms with Crippen LogP contribution in [0.3, 0.4) is 0 Å². The van der Waals surface area contributed by atoms with Gasteiger partial charge in [-0.05, 0) is 51.2 Å². The molecule has 0 saturated heterocycles. The Morgan fingerprint density at radius 1 is 1.38 bits per heavy atom. The zero-order valence-electron chi connectivity index (χ0n) is 14.1. The van der Waals surface area contributed by atoms with Crippen molar-refractivity contribution in [3.05, 3.63) is 29.3 Å². The number of carbonyl (C=O) groups is 1. The van der Waals surface area contributed by atoms with Gasteiger partial charge in [0.1, 0.15) is 0 Å². The second-order valence-electron chi connectivity index (χ2n) is 6.30. The molecule has 1 atom stereocenters. The van der Waals surface area contributed by atoms with Crippen LogP contribution in [-0.4, -0.2) is 27.9 Å². The van der Waals surface area contributed by atoms with Gasteiger partial charge in [0.15, 0.2) is 4.34 Å². The Bertz CT molecular complexity index is 727. The number of nitrogens with zero attached hydrogens (tertiary/aromatic N) is 2. The number of anilines is 2. The SMILES string of the molecule is Cc1ccc(Nc2nnc(SCC(=O)N[C@H](C)C3CC3)s2)c(C)c1. The van der Waals surface area contributed by atoms with E-state index in [-0.39, 0.29) is 11.9 Å². The van der Waals surface area contributed by atoms with E-state index in [1.165, 1.54) is 47.1 Å². The minimum Gasteiger partial charge on any atom is -0.353 e. The summed E-state index contributed by atoms with van der Waals surface area (Å²) in [7, 11) is 0. The average molecular weight is 363 g/mol. The summed E-state index contributed by atoms with van der Waals surface area (Å²) in [5, 5.41) is 15.4. The summed E-state index contributed by atoms with van der Waals surface area (Å²) in [5.41, 5.74) is 3.44. The van der Waals surface area contributed by atoms with E-state index in [1.54, 1.807) is 0 Å². The molecular formula is C17H22N4OS2. The van der Waals surface area contributed by atoms with Gasteiger partial charge < -0.3 is 10.6 Å². The fraction of sp³-hybridized carbons (Fsp3) is 0.471. The van der Waals surface area contributed by atoms with Gasteiger partial charge in [-0.3, -0.25) is 4.79 Å². The van der Waals surface area contributed by atoms with Crippen molar-refractivity contribution >= 4 is 39.8 Å². The zero-order valence-corrected chi connectivity index (χ0v) is 15.8. The van der Waals surface area contributed by atoms with Crippen LogP contribution in [0.4, 0.5) is 10.8 Å². The number of aryl methyl sites for hydroxylation is 2. The van der Waals surface area contributed by atoms with Crippen LogP contribution in [0.5, 0.6) is 0 Å². The van der Waals surface area contributed by atoms with E-state index in [0.29, 0.717) is 11.7 Å². The molecule has 5 nitrogen and oxygen atoms in total. The second kappa shape index (κ2) is 7.53. The van der Waals surface area contributed by atoms with Gasteiger partial charge in [0.2, 0.25) is 11.0 Å². The first-order valence-electron chi connectivity index (χ1n) is 8.11. The number of aromatic nitrogens is 2. The fourth-order valence-electron chi connectivity index (χ4n) is 2.52. The minimum absolute atomic E-state index is 0.0680. The van der Waals surface area contributed by atoms with Crippen LogP contribution >= 0.6 is 23.1 Å². The second-order valence-corrected chi connectivity index (χ2v) is 8.50. The molecule has 1 aromatic heterocycles. The van der Waals surface area contributed by atoms with Gasteiger partial charge in [0, 0.05) is 11.7 Å². The highest BCUT2D eigenvalue weighted by molar-refractivity contribution is 8.01.